The number of pyridine rings is 1. The second-order valence-electron chi connectivity index (χ2n) is 10.3. The van der Waals surface area contributed by atoms with Gasteiger partial charge in [-0.2, -0.15) is 18.3 Å². The summed E-state index contributed by atoms with van der Waals surface area (Å²) in [7, 11) is 0. The van der Waals surface area contributed by atoms with E-state index in [1.165, 1.54) is 18.2 Å². The highest BCUT2D eigenvalue weighted by atomic mass is 35.5. The lowest BCUT2D eigenvalue weighted by molar-refractivity contribution is -0.189. The van der Waals surface area contributed by atoms with E-state index in [9.17, 15) is 18.0 Å². The monoisotopic (exact) mass is 590 g/mol. The molecule has 8 nitrogen and oxygen atoms in total. The molecule has 3 aromatic heterocycles. The lowest BCUT2D eigenvalue weighted by Gasteiger charge is -2.30. The van der Waals surface area contributed by atoms with E-state index in [1.807, 2.05) is 18.2 Å². The smallest absolute Gasteiger partial charge is 0.420 e. The molecule has 2 aliphatic heterocycles. The Labute approximate surface area is 242 Å². The van der Waals surface area contributed by atoms with E-state index in [2.05, 4.69) is 31.0 Å². The van der Waals surface area contributed by atoms with E-state index in [0.717, 1.165) is 30.8 Å². The van der Waals surface area contributed by atoms with Gasteiger partial charge >= 0.3 is 12.1 Å². The fourth-order valence-corrected chi connectivity index (χ4v) is 6.05. The van der Waals surface area contributed by atoms with Crippen LogP contribution in [0.3, 0.4) is 0 Å². The van der Waals surface area contributed by atoms with E-state index >= 15 is 0 Å². The third-order valence-electron chi connectivity index (χ3n) is 7.65. The van der Waals surface area contributed by atoms with Crippen LogP contribution in [0.2, 0.25) is 5.02 Å². The van der Waals surface area contributed by atoms with Crippen LogP contribution in [0, 0.1) is 0 Å². The minimum Gasteiger partial charge on any atom is -0.420 e. The molecule has 2 fully saturated rings. The lowest BCUT2D eigenvalue weighted by Crippen LogP contribution is -2.43. The second kappa shape index (κ2) is 10.1. The number of fused-ring (bicyclic) bond motifs is 3. The fourth-order valence-electron chi connectivity index (χ4n) is 5.77. The number of rotatable bonds is 5. The third kappa shape index (κ3) is 4.64. The summed E-state index contributed by atoms with van der Waals surface area (Å²) in [6.07, 6.45) is 0.868. The molecule has 2 bridgehead atoms. The number of alkyl halides is 3. The van der Waals surface area contributed by atoms with Crippen LogP contribution in [0.15, 0.2) is 79.3 Å². The Morgan fingerprint density at radius 3 is 2.57 bits per heavy atom. The highest BCUT2D eigenvalue weighted by Gasteiger charge is 2.41. The fraction of sp³-hybridized carbons (Fsp3) is 0.200. The van der Waals surface area contributed by atoms with Gasteiger partial charge in [0, 0.05) is 60.6 Å². The highest BCUT2D eigenvalue weighted by molar-refractivity contribution is 6.33. The molecule has 7 rings (SSSR count). The van der Waals surface area contributed by atoms with Crippen LogP contribution in [0.4, 0.5) is 18.9 Å². The minimum absolute atomic E-state index is 0.254. The number of esters is 1. The Bertz CT molecular complexity index is 1830. The van der Waals surface area contributed by atoms with Gasteiger partial charge in [-0.05, 0) is 60.5 Å². The molecule has 0 radical (unpaired) electrons. The van der Waals surface area contributed by atoms with Crippen molar-refractivity contribution in [1.29, 1.82) is 0 Å². The Balaban J connectivity index is 1.35. The van der Waals surface area contributed by atoms with Crippen LogP contribution in [0.25, 0.3) is 39.3 Å². The molecule has 1 N–H and O–H groups in total. The number of nitrogens with zero attached hydrogens (tertiary/aromatic N) is 5. The van der Waals surface area contributed by atoms with Crippen LogP contribution in [-0.4, -0.2) is 56.9 Å². The quantitative estimate of drug-likeness (QED) is 0.205. The summed E-state index contributed by atoms with van der Waals surface area (Å²) < 4.78 is 44.9. The van der Waals surface area contributed by atoms with Gasteiger partial charge in [-0.3, -0.25) is 4.98 Å². The standard InChI is InChI=1S/C30H22ClF3N6O2/c31-24-14-20(39-16-19-13-21(39)15-37-19)4-5-23(24)25-8-11-36-28-26(27(38-40(25)28)17-6-9-35-10-7-17)18-2-1-3-22(12-18)42-29(41)30(32,33)34/h1-12,14,19,21,37H,13,15-16H2/t19-,21-/m0/s1. The van der Waals surface area contributed by atoms with Crippen molar-refractivity contribution in [3.05, 3.63) is 84.3 Å². The Kier molecular flexibility index (Phi) is 6.36. The molecule has 0 aliphatic carbocycles. The number of carbonyl (C=O) groups excluding carboxylic acids is 1. The first kappa shape index (κ1) is 26.4. The number of anilines is 1. The van der Waals surface area contributed by atoms with E-state index in [0.29, 0.717) is 50.8 Å². The van der Waals surface area contributed by atoms with Gasteiger partial charge in [-0.1, -0.05) is 23.7 Å². The van der Waals surface area contributed by atoms with Crippen molar-refractivity contribution in [1.82, 2.24) is 24.9 Å². The van der Waals surface area contributed by atoms with Crippen molar-refractivity contribution in [2.75, 3.05) is 18.0 Å². The minimum atomic E-state index is -5.13. The number of hydrogen-bond acceptors (Lipinski definition) is 7. The highest BCUT2D eigenvalue weighted by Crippen LogP contribution is 2.40. The molecule has 2 atom stereocenters. The molecule has 0 amide bonds. The maximum atomic E-state index is 12.9. The number of carbonyl (C=O) groups is 1. The van der Waals surface area contributed by atoms with Gasteiger partial charge < -0.3 is 15.0 Å². The number of piperazine rings is 1. The van der Waals surface area contributed by atoms with Crippen molar-refractivity contribution < 1.29 is 22.7 Å². The van der Waals surface area contributed by atoms with Crippen LogP contribution >= 0.6 is 11.6 Å². The predicted octanol–water partition coefficient (Wildman–Crippen LogP) is 5.80. The Morgan fingerprint density at radius 2 is 1.86 bits per heavy atom. The van der Waals surface area contributed by atoms with Crippen molar-refractivity contribution in [2.45, 2.75) is 24.7 Å². The van der Waals surface area contributed by atoms with Crippen LogP contribution in [-0.2, 0) is 4.79 Å². The largest absolute Gasteiger partial charge is 0.491 e. The van der Waals surface area contributed by atoms with E-state index in [4.69, 9.17) is 16.7 Å². The summed E-state index contributed by atoms with van der Waals surface area (Å²) >= 11 is 6.88. The maximum Gasteiger partial charge on any atom is 0.491 e. The topological polar surface area (TPSA) is 84.6 Å². The number of aromatic nitrogens is 4. The zero-order chi connectivity index (χ0) is 29.0. The molecule has 2 saturated heterocycles. The summed E-state index contributed by atoms with van der Waals surface area (Å²) in [6, 6.07) is 18.2. The molecule has 212 valence electrons. The van der Waals surface area contributed by atoms with E-state index in [1.54, 1.807) is 41.3 Å². The molecule has 5 heterocycles. The van der Waals surface area contributed by atoms with Crippen molar-refractivity contribution >= 4 is 28.9 Å². The van der Waals surface area contributed by atoms with Crippen molar-refractivity contribution in [3.63, 3.8) is 0 Å². The van der Waals surface area contributed by atoms with Crippen LogP contribution in [0.5, 0.6) is 5.75 Å². The molecule has 0 spiro atoms. The summed E-state index contributed by atoms with van der Waals surface area (Å²) in [5, 5.41) is 8.96. The molecule has 0 unspecified atom stereocenters. The number of benzene rings is 2. The molecular weight excluding hydrogens is 569 g/mol. The second-order valence-corrected chi connectivity index (χ2v) is 10.7. The molecule has 2 aromatic carbocycles. The summed E-state index contributed by atoms with van der Waals surface area (Å²) in [5.74, 6) is -2.55. The van der Waals surface area contributed by atoms with Gasteiger partial charge in [0.1, 0.15) is 11.4 Å². The van der Waals surface area contributed by atoms with Gasteiger partial charge in [0.15, 0.2) is 5.65 Å². The van der Waals surface area contributed by atoms with Crippen molar-refractivity contribution in [2.24, 2.45) is 0 Å². The van der Waals surface area contributed by atoms with Crippen molar-refractivity contribution in [3.8, 4) is 39.4 Å². The molecular formula is C30H22ClF3N6O2. The van der Waals surface area contributed by atoms with Gasteiger partial charge in [0.2, 0.25) is 0 Å². The first-order valence-electron chi connectivity index (χ1n) is 13.2. The molecule has 5 aromatic rings. The summed E-state index contributed by atoms with van der Waals surface area (Å²) in [6.45, 7) is 1.90. The zero-order valence-electron chi connectivity index (χ0n) is 21.8. The lowest BCUT2D eigenvalue weighted by atomic mass is 10.0. The Morgan fingerprint density at radius 1 is 1.02 bits per heavy atom. The van der Waals surface area contributed by atoms with Crippen LogP contribution < -0.4 is 15.0 Å². The molecule has 0 saturated carbocycles. The normalized spacial score (nSPS) is 18.1. The van der Waals surface area contributed by atoms with Gasteiger partial charge in [0.05, 0.1) is 16.3 Å². The average Bonchev–Trinajstić information content (AvgIpc) is 3.72. The molecule has 12 heteroatoms. The summed E-state index contributed by atoms with van der Waals surface area (Å²) in [5.41, 5.74) is 5.18. The average molecular weight is 591 g/mol. The SMILES string of the molecule is O=C(Oc1cccc(-c2c(-c3ccncc3)nn3c(-c4ccc(N5C[C@@H]6C[C@H]5CN6)cc4Cl)ccnc23)c1)C(F)(F)F. The molecule has 42 heavy (non-hydrogen) atoms. The maximum absolute atomic E-state index is 12.9. The number of nitrogens with one attached hydrogen (secondary N) is 1. The van der Waals surface area contributed by atoms with E-state index in [-0.39, 0.29) is 5.75 Å². The predicted molar refractivity (Wildman–Crippen MR) is 151 cm³/mol. The van der Waals surface area contributed by atoms with Gasteiger partial charge in [-0.25, -0.2) is 14.3 Å². The first-order chi connectivity index (χ1) is 20.3. The Hall–Kier alpha value is -4.48. The zero-order valence-corrected chi connectivity index (χ0v) is 22.6. The van der Waals surface area contributed by atoms with Gasteiger partial charge in [0.25, 0.3) is 0 Å². The first-order valence-corrected chi connectivity index (χ1v) is 13.6. The third-order valence-corrected chi connectivity index (χ3v) is 7.97. The van der Waals surface area contributed by atoms with E-state index < -0.39 is 12.1 Å². The number of hydrogen-bond donors (Lipinski definition) is 1. The van der Waals surface area contributed by atoms with Gasteiger partial charge in [-0.15, -0.1) is 0 Å². The van der Waals surface area contributed by atoms with Crippen LogP contribution in [0.1, 0.15) is 6.42 Å². The number of halogens is 4. The molecule has 2 aliphatic rings. The summed E-state index contributed by atoms with van der Waals surface area (Å²) in [4.78, 5) is 22.6. The number of ether oxygens (including phenoxy) is 1.